The molecule has 1 N–H and O–H groups in total. The van der Waals surface area contributed by atoms with Gasteiger partial charge in [-0.25, -0.2) is 0 Å². The molecule has 0 saturated carbocycles. The number of carbonyl (C=O) groups excluding carboxylic acids is 1. The fourth-order valence-corrected chi connectivity index (χ4v) is 2.68. The summed E-state index contributed by atoms with van der Waals surface area (Å²) in [7, 11) is 0. The van der Waals surface area contributed by atoms with Gasteiger partial charge >= 0.3 is 0 Å². The summed E-state index contributed by atoms with van der Waals surface area (Å²) in [6.07, 6.45) is 2.01. The summed E-state index contributed by atoms with van der Waals surface area (Å²) in [5.41, 5.74) is 2.83. The summed E-state index contributed by atoms with van der Waals surface area (Å²) in [5, 5.41) is 2.89. The number of ether oxygens (including phenoxy) is 1. The first-order valence-corrected chi connectivity index (χ1v) is 8.26. The number of rotatable bonds is 6. The van der Waals surface area contributed by atoms with Gasteiger partial charge in [0.15, 0.2) is 0 Å². The molecule has 0 unspecified atom stereocenters. The summed E-state index contributed by atoms with van der Waals surface area (Å²) in [6.45, 7) is 2.71. The fourth-order valence-electron chi connectivity index (χ4n) is 2.16. The molecule has 3 rings (SSSR count). The van der Waals surface area contributed by atoms with Gasteiger partial charge < -0.3 is 10.1 Å². The van der Waals surface area contributed by atoms with Crippen LogP contribution in [0.4, 0.5) is 5.69 Å². The van der Waals surface area contributed by atoms with Crippen LogP contribution in [0.1, 0.15) is 30.1 Å². The number of hydrogen-bond acceptors (Lipinski definition) is 5. The minimum atomic E-state index is -0.195. The number of unbranched alkanes of at least 4 members (excludes halogenated alkanes) is 1. The van der Waals surface area contributed by atoms with E-state index in [1.54, 1.807) is 6.07 Å². The van der Waals surface area contributed by atoms with Crippen molar-refractivity contribution in [2.45, 2.75) is 19.8 Å². The van der Waals surface area contributed by atoms with Crippen molar-refractivity contribution < 1.29 is 9.53 Å². The average Bonchev–Trinajstić information content (AvgIpc) is 3.03. The zero-order valence-electron chi connectivity index (χ0n) is 12.8. The summed E-state index contributed by atoms with van der Waals surface area (Å²) in [6, 6.07) is 12.8. The molecule has 1 amide bonds. The van der Waals surface area contributed by atoms with E-state index in [0.717, 1.165) is 35.6 Å². The highest BCUT2D eigenvalue weighted by Crippen LogP contribution is 2.22. The van der Waals surface area contributed by atoms with Crippen LogP contribution in [0.15, 0.2) is 42.5 Å². The number of amides is 1. The van der Waals surface area contributed by atoms with E-state index in [0.29, 0.717) is 23.6 Å². The van der Waals surface area contributed by atoms with Gasteiger partial charge in [-0.15, -0.1) is 0 Å². The Hall–Kier alpha value is -2.47. The van der Waals surface area contributed by atoms with Crippen LogP contribution in [0, 0.1) is 0 Å². The van der Waals surface area contributed by atoms with Gasteiger partial charge in [-0.2, -0.15) is 8.75 Å². The molecule has 0 atom stereocenters. The lowest BCUT2D eigenvalue weighted by Gasteiger charge is -2.11. The molecule has 0 bridgehead atoms. The third-order valence-electron chi connectivity index (χ3n) is 3.40. The quantitative estimate of drug-likeness (QED) is 0.692. The van der Waals surface area contributed by atoms with Gasteiger partial charge in [-0.1, -0.05) is 25.5 Å². The highest BCUT2D eigenvalue weighted by Gasteiger charge is 2.13. The monoisotopic (exact) mass is 327 g/mol. The molecule has 0 aliphatic carbocycles. The molecule has 0 spiro atoms. The molecule has 118 valence electrons. The number of aromatic nitrogens is 2. The summed E-state index contributed by atoms with van der Waals surface area (Å²) in [4.78, 5) is 12.5. The van der Waals surface area contributed by atoms with Crippen molar-refractivity contribution in [2.75, 3.05) is 11.9 Å². The van der Waals surface area contributed by atoms with E-state index in [2.05, 4.69) is 21.0 Å². The smallest absolute Gasteiger partial charge is 0.259 e. The highest BCUT2D eigenvalue weighted by atomic mass is 32.1. The molecular weight excluding hydrogens is 310 g/mol. The van der Waals surface area contributed by atoms with Crippen molar-refractivity contribution in [1.29, 1.82) is 0 Å². The molecule has 0 aliphatic rings. The van der Waals surface area contributed by atoms with Crippen molar-refractivity contribution in [1.82, 2.24) is 8.75 Å². The maximum absolute atomic E-state index is 12.5. The van der Waals surface area contributed by atoms with Crippen molar-refractivity contribution >= 4 is 34.4 Å². The van der Waals surface area contributed by atoms with Gasteiger partial charge in [0.2, 0.25) is 0 Å². The number of hydrogen-bond donors (Lipinski definition) is 1. The SMILES string of the molecule is CCCCOc1ccccc1C(=O)Nc1ccc2nsnc2c1. The van der Waals surface area contributed by atoms with Crippen molar-refractivity contribution in [3.63, 3.8) is 0 Å². The van der Waals surface area contributed by atoms with Crippen molar-refractivity contribution in [2.24, 2.45) is 0 Å². The minimum absolute atomic E-state index is 0.195. The standard InChI is InChI=1S/C17H17N3O2S/c1-2-3-10-22-16-7-5-4-6-13(16)17(21)18-12-8-9-14-15(11-12)20-23-19-14/h4-9,11H,2-3,10H2,1H3,(H,18,21). The summed E-state index contributed by atoms with van der Waals surface area (Å²) >= 11 is 1.16. The van der Waals surface area contributed by atoms with Crippen LogP contribution in [-0.4, -0.2) is 21.3 Å². The number of carbonyl (C=O) groups is 1. The molecule has 3 aromatic rings. The topological polar surface area (TPSA) is 64.1 Å². The molecule has 0 aliphatic heterocycles. The summed E-state index contributed by atoms with van der Waals surface area (Å²) < 4.78 is 14.0. The van der Waals surface area contributed by atoms with E-state index in [4.69, 9.17) is 4.74 Å². The van der Waals surface area contributed by atoms with Gasteiger partial charge in [-0.05, 0) is 36.8 Å². The zero-order valence-corrected chi connectivity index (χ0v) is 13.6. The molecule has 5 nitrogen and oxygen atoms in total. The second-order valence-corrected chi connectivity index (χ2v) is 5.65. The van der Waals surface area contributed by atoms with Crippen LogP contribution in [0.2, 0.25) is 0 Å². The fraction of sp³-hybridized carbons (Fsp3) is 0.235. The predicted octanol–water partition coefficient (Wildman–Crippen LogP) is 4.12. The van der Waals surface area contributed by atoms with Gasteiger partial charge in [0.25, 0.3) is 5.91 Å². The van der Waals surface area contributed by atoms with Crippen LogP contribution in [0.25, 0.3) is 11.0 Å². The highest BCUT2D eigenvalue weighted by molar-refractivity contribution is 7.00. The van der Waals surface area contributed by atoms with E-state index >= 15 is 0 Å². The van der Waals surface area contributed by atoms with Gasteiger partial charge in [-0.3, -0.25) is 4.79 Å². The van der Waals surface area contributed by atoms with Crippen molar-refractivity contribution in [3.8, 4) is 5.75 Å². The number of fused-ring (bicyclic) bond motifs is 1. The molecule has 0 saturated heterocycles. The second-order valence-electron chi connectivity index (χ2n) is 5.12. The Kier molecular flexibility index (Phi) is 4.83. The molecule has 23 heavy (non-hydrogen) atoms. The first-order chi connectivity index (χ1) is 11.3. The Bertz CT molecular complexity index is 816. The molecule has 6 heteroatoms. The van der Waals surface area contributed by atoms with E-state index in [1.165, 1.54) is 0 Å². The van der Waals surface area contributed by atoms with Crippen LogP contribution in [0.3, 0.4) is 0 Å². The maximum atomic E-state index is 12.5. The van der Waals surface area contributed by atoms with Gasteiger partial charge in [0.05, 0.1) is 23.9 Å². The third kappa shape index (κ3) is 3.65. The molecule has 2 aromatic carbocycles. The van der Waals surface area contributed by atoms with Crippen LogP contribution < -0.4 is 10.1 Å². The van der Waals surface area contributed by atoms with Gasteiger partial charge in [0.1, 0.15) is 16.8 Å². The van der Waals surface area contributed by atoms with Crippen molar-refractivity contribution in [3.05, 3.63) is 48.0 Å². The Labute approximate surface area is 138 Å². The third-order valence-corrected chi connectivity index (χ3v) is 3.96. The molecule has 0 fully saturated rings. The molecule has 1 aromatic heterocycles. The minimum Gasteiger partial charge on any atom is -0.493 e. The number of nitrogens with zero attached hydrogens (tertiary/aromatic N) is 2. The zero-order chi connectivity index (χ0) is 16.1. The van der Waals surface area contributed by atoms with E-state index < -0.39 is 0 Å². The predicted molar refractivity (Wildman–Crippen MR) is 92.2 cm³/mol. The first kappa shape index (κ1) is 15.4. The molecular formula is C17H17N3O2S. The normalized spacial score (nSPS) is 10.7. The van der Waals surface area contributed by atoms with Crippen LogP contribution in [0.5, 0.6) is 5.75 Å². The van der Waals surface area contributed by atoms with Gasteiger partial charge in [0, 0.05) is 5.69 Å². The number of anilines is 1. The first-order valence-electron chi connectivity index (χ1n) is 7.53. The van der Waals surface area contributed by atoms with Crippen LogP contribution >= 0.6 is 11.7 Å². The van der Waals surface area contributed by atoms with E-state index in [9.17, 15) is 4.79 Å². The number of nitrogens with one attached hydrogen (secondary N) is 1. The van der Waals surface area contributed by atoms with E-state index in [1.807, 2.05) is 36.4 Å². The molecule has 0 radical (unpaired) electrons. The lowest BCUT2D eigenvalue weighted by atomic mass is 10.1. The molecule has 1 heterocycles. The summed E-state index contributed by atoms with van der Waals surface area (Å²) in [5.74, 6) is 0.412. The number of benzene rings is 2. The average molecular weight is 327 g/mol. The lowest BCUT2D eigenvalue weighted by molar-refractivity contribution is 0.102. The van der Waals surface area contributed by atoms with E-state index in [-0.39, 0.29) is 5.91 Å². The Morgan fingerprint density at radius 2 is 2.00 bits per heavy atom. The Morgan fingerprint density at radius 1 is 1.17 bits per heavy atom. The largest absolute Gasteiger partial charge is 0.493 e. The lowest BCUT2D eigenvalue weighted by Crippen LogP contribution is -2.14. The maximum Gasteiger partial charge on any atom is 0.259 e. The Balaban J connectivity index is 1.77. The second kappa shape index (κ2) is 7.19. The van der Waals surface area contributed by atoms with Crippen LogP contribution in [-0.2, 0) is 0 Å². The number of para-hydroxylation sites is 1. The Morgan fingerprint density at radius 3 is 2.87 bits per heavy atom.